The molecule has 4 heteroatoms. The van der Waals surface area contributed by atoms with E-state index in [9.17, 15) is 15.0 Å². The van der Waals surface area contributed by atoms with Crippen LogP contribution in [0.15, 0.2) is 30.3 Å². The lowest BCUT2D eigenvalue weighted by molar-refractivity contribution is -0.145. The monoisotopic (exact) mass is 304 g/mol. The molecule has 0 amide bonds. The van der Waals surface area contributed by atoms with Gasteiger partial charge in [0.2, 0.25) is 0 Å². The number of aromatic hydroxyl groups is 1. The Morgan fingerprint density at radius 2 is 1.76 bits per heavy atom. The SMILES string of the molecule is O=C(O)C1(c2cc3cc(Cl)ccc3cc2O)CCCCC1. The van der Waals surface area contributed by atoms with Gasteiger partial charge < -0.3 is 10.2 Å². The summed E-state index contributed by atoms with van der Waals surface area (Å²) >= 11 is 6.01. The van der Waals surface area contributed by atoms with Crippen LogP contribution in [0.1, 0.15) is 37.7 Å². The lowest BCUT2D eigenvalue weighted by Crippen LogP contribution is -2.37. The number of aliphatic carboxylic acids is 1. The van der Waals surface area contributed by atoms with Gasteiger partial charge in [-0.05, 0) is 47.9 Å². The number of rotatable bonds is 2. The Hall–Kier alpha value is -1.74. The topological polar surface area (TPSA) is 57.5 Å². The Bertz CT molecular complexity index is 702. The van der Waals surface area contributed by atoms with Gasteiger partial charge in [-0.1, -0.05) is 36.9 Å². The van der Waals surface area contributed by atoms with E-state index in [2.05, 4.69) is 0 Å². The number of fused-ring (bicyclic) bond motifs is 1. The van der Waals surface area contributed by atoms with Crippen molar-refractivity contribution in [1.82, 2.24) is 0 Å². The van der Waals surface area contributed by atoms with Crippen LogP contribution >= 0.6 is 11.6 Å². The number of benzene rings is 2. The number of hydrogen-bond donors (Lipinski definition) is 2. The van der Waals surface area contributed by atoms with Crippen molar-refractivity contribution in [3.63, 3.8) is 0 Å². The molecule has 0 radical (unpaired) electrons. The van der Waals surface area contributed by atoms with Gasteiger partial charge in [0, 0.05) is 10.6 Å². The van der Waals surface area contributed by atoms with Crippen LogP contribution in [0.5, 0.6) is 5.75 Å². The fourth-order valence-electron chi connectivity index (χ4n) is 3.39. The number of halogens is 1. The molecule has 0 atom stereocenters. The van der Waals surface area contributed by atoms with Gasteiger partial charge in [0.1, 0.15) is 5.75 Å². The third-order valence-electron chi connectivity index (χ3n) is 4.55. The summed E-state index contributed by atoms with van der Waals surface area (Å²) in [7, 11) is 0. The molecule has 110 valence electrons. The predicted octanol–water partition coefficient (Wildman–Crippen LogP) is 4.49. The first kappa shape index (κ1) is 14.2. The van der Waals surface area contributed by atoms with Crippen molar-refractivity contribution in [3.8, 4) is 5.75 Å². The fourth-order valence-corrected chi connectivity index (χ4v) is 3.57. The lowest BCUT2D eigenvalue weighted by Gasteiger charge is -2.34. The lowest BCUT2D eigenvalue weighted by atomic mass is 9.69. The summed E-state index contributed by atoms with van der Waals surface area (Å²) in [6.45, 7) is 0. The molecule has 0 bridgehead atoms. The zero-order chi connectivity index (χ0) is 15.0. The van der Waals surface area contributed by atoms with Gasteiger partial charge in [-0.25, -0.2) is 0 Å². The van der Waals surface area contributed by atoms with E-state index in [1.807, 2.05) is 6.07 Å². The van der Waals surface area contributed by atoms with Crippen molar-refractivity contribution in [2.24, 2.45) is 0 Å². The third kappa shape index (κ3) is 2.36. The highest BCUT2D eigenvalue weighted by atomic mass is 35.5. The molecule has 0 unspecified atom stereocenters. The summed E-state index contributed by atoms with van der Waals surface area (Å²) in [6.07, 6.45) is 3.94. The molecule has 2 aromatic carbocycles. The molecule has 0 heterocycles. The van der Waals surface area contributed by atoms with Crippen molar-refractivity contribution in [1.29, 1.82) is 0 Å². The smallest absolute Gasteiger partial charge is 0.314 e. The largest absolute Gasteiger partial charge is 0.508 e. The highest BCUT2D eigenvalue weighted by Crippen LogP contribution is 2.44. The Morgan fingerprint density at radius 1 is 1.05 bits per heavy atom. The van der Waals surface area contributed by atoms with Gasteiger partial charge in [-0.2, -0.15) is 0 Å². The maximum absolute atomic E-state index is 11.9. The second-order valence-corrected chi connectivity index (χ2v) is 6.25. The highest BCUT2D eigenvalue weighted by Gasteiger charge is 2.43. The molecule has 0 saturated heterocycles. The molecule has 1 aliphatic rings. The average molecular weight is 305 g/mol. The van der Waals surface area contributed by atoms with Crippen LogP contribution in [0, 0.1) is 0 Å². The predicted molar refractivity (Wildman–Crippen MR) is 83.0 cm³/mol. The zero-order valence-corrected chi connectivity index (χ0v) is 12.4. The van der Waals surface area contributed by atoms with Crippen LogP contribution < -0.4 is 0 Å². The minimum absolute atomic E-state index is 0.0640. The first-order valence-electron chi connectivity index (χ1n) is 7.19. The summed E-state index contributed by atoms with van der Waals surface area (Å²) in [6, 6.07) is 8.82. The van der Waals surface area contributed by atoms with Crippen LogP contribution in [0.4, 0.5) is 0 Å². The zero-order valence-electron chi connectivity index (χ0n) is 11.6. The standard InChI is InChI=1S/C17H17ClO3/c18-13-5-4-11-10-15(19)14(9-12(11)8-13)17(16(20)21)6-2-1-3-7-17/h4-5,8-10,19H,1-3,6-7H2,(H,20,21). The molecule has 1 aliphatic carbocycles. The van der Waals surface area contributed by atoms with E-state index in [1.165, 1.54) is 0 Å². The van der Waals surface area contributed by atoms with Gasteiger partial charge >= 0.3 is 5.97 Å². The first-order valence-corrected chi connectivity index (χ1v) is 7.57. The molecule has 3 nitrogen and oxygen atoms in total. The average Bonchev–Trinajstić information content (AvgIpc) is 2.47. The number of phenolic OH excluding ortho intramolecular Hbond substituents is 1. The Balaban J connectivity index is 2.21. The van der Waals surface area contributed by atoms with Crippen LogP contribution in [-0.2, 0) is 10.2 Å². The van der Waals surface area contributed by atoms with E-state index in [4.69, 9.17) is 11.6 Å². The van der Waals surface area contributed by atoms with Crippen molar-refractivity contribution in [2.45, 2.75) is 37.5 Å². The van der Waals surface area contributed by atoms with Gasteiger partial charge in [0.15, 0.2) is 0 Å². The van der Waals surface area contributed by atoms with Crippen LogP contribution in [0.25, 0.3) is 10.8 Å². The molecule has 21 heavy (non-hydrogen) atoms. The molecular formula is C17H17ClO3. The minimum atomic E-state index is -0.973. The maximum atomic E-state index is 11.9. The molecule has 0 aromatic heterocycles. The quantitative estimate of drug-likeness (QED) is 0.859. The molecule has 1 fully saturated rings. The van der Waals surface area contributed by atoms with Crippen molar-refractivity contribution >= 4 is 28.3 Å². The second kappa shape index (κ2) is 5.23. The van der Waals surface area contributed by atoms with E-state index in [-0.39, 0.29) is 5.75 Å². The van der Waals surface area contributed by atoms with E-state index in [0.29, 0.717) is 23.4 Å². The summed E-state index contributed by atoms with van der Waals surface area (Å²) in [5.74, 6) is -0.784. The van der Waals surface area contributed by atoms with Crippen LogP contribution in [0.2, 0.25) is 5.02 Å². The molecule has 3 rings (SSSR count). The molecular weight excluding hydrogens is 288 g/mol. The third-order valence-corrected chi connectivity index (χ3v) is 4.78. The fraction of sp³-hybridized carbons (Fsp3) is 0.353. The highest BCUT2D eigenvalue weighted by molar-refractivity contribution is 6.31. The van der Waals surface area contributed by atoms with Gasteiger partial charge in [-0.15, -0.1) is 0 Å². The molecule has 2 N–H and O–H groups in total. The Labute approximate surface area is 128 Å². The van der Waals surface area contributed by atoms with E-state index in [1.54, 1.807) is 24.3 Å². The summed E-state index contributed by atoms with van der Waals surface area (Å²) < 4.78 is 0. The van der Waals surface area contributed by atoms with E-state index in [0.717, 1.165) is 30.0 Å². The number of phenols is 1. The van der Waals surface area contributed by atoms with Crippen LogP contribution in [-0.4, -0.2) is 16.2 Å². The normalized spacial score (nSPS) is 17.8. The number of carboxylic acids is 1. The number of hydrogen-bond acceptors (Lipinski definition) is 2. The Kier molecular flexibility index (Phi) is 3.54. The molecule has 0 spiro atoms. The van der Waals surface area contributed by atoms with Crippen molar-refractivity contribution in [3.05, 3.63) is 40.9 Å². The van der Waals surface area contributed by atoms with E-state index < -0.39 is 11.4 Å². The summed E-state index contributed by atoms with van der Waals surface area (Å²) in [4.78, 5) is 11.9. The maximum Gasteiger partial charge on any atom is 0.314 e. The summed E-state index contributed by atoms with van der Waals surface area (Å²) in [5, 5.41) is 22.4. The number of carbonyl (C=O) groups is 1. The van der Waals surface area contributed by atoms with Gasteiger partial charge in [-0.3, -0.25) is 4.79 Å². The first-order chi connectivity index (χ1) is 10.0. The van der Waals surface area contributed by atoms with Crippen LogP contribution in [0.3, 0.4) is 0 Å². The second-order valence-electron chi connectivity index (χ2n) is 5.81. The minimum Gasteiger partial charge on any atom is -0.508 e. The molecule has 2 aromatic rings. The van der Waals surface area contributed by atoms with E-state index >= 15 is 0 Å². The summed E-state index contributed by atoms with van der Waals surface area (Å²) in [5.41, 5.74) is -0.455. The van der Waals surface area contributed by atoms with Crippen molar-refractivity contribution in [2.75, 3.05) is 0 Å². The van der Waals surface area contributed by atoms with Gasteiger partial charge in [0.25, 0.3) is 0 Å². The number of carboxylic acid groups (broad SMARTS) is 1. The molecule has 1 saturated carbocycles. The Morgan fingerprint density at radius 3 is 2.43 bits per heavy atom. The van der Waals surface area contributed by atoms with Gasteiger partial charge in [0.05, 0.1) is 5.41 Å². The molecule has 0 aliphatic heterocycles. The van der Waals surface area contributed by atoms with Crippen molar-refractivity contribution < 1.29 is 15.0 Å².